The average Bonchev–Trinajstić information content (AvgIpc) is 3.09. The van der Waals surface area contributed by atoms with E-state index in [1.54, 1.807) is 24.4 Å². The Bertz CT molecular complexity index is 1760. The van der Waals surface area contributed by atoms with Gasteiger partial charge in [-0.3, -0.25) is 4.99 Å². The molecule has 0 bridgehead atoms. The summed E-state index contributed by atoms with van der Waals surface area (Å²) in [5.41, 5.74) is 3.72. The number of nitrogens with zero attached hydrogens (tertiary/aromatic N) is 1. The van der Waals surface area contributed by atoms with Crippen molar-refractivity contribution in [1.82, 2.24) is 0 Å². The molecule has 0 aromatic heterocycles. The van der Waals surface area contributed by atoms with E-state index < -0.39 is 11.6 Å². The first-order valence-electron chi connectivity index (χ1n) is 16.9. The van der Waals surface area contributed by atoms with Crippen molar-refractivity contribution in [3.63, 3.8) is 0 Å². The van der Waals surface area contributed by atoms with Gasteiger partial charge >= 0.3 is 0 Å². The Morgan fingerprint density at radius 2 is 1.04 bits per heavy atom. The first-order chi connectivity index (χ1) is 23.3. The van der Waals surface area contributed by atoms with Crippen molar-refractivity contribution >= 4 is 6.21 Å². The number of ether oxygens (including phenoxy) is 2. The Morgan fingerprint density at radius 3 is 1.47 bits per heavy atom. The standard InChI is InChI=1S/C44H49NO4/c1-31(45-28-34-20-14-15-21-39(34)46)44(47,37-26-35(42(2,3)4)22-24-40(37)48-29-32-16-10-8-11-17-32)38-27-36(43(5,6)7)23-25-41(38)49-30-33-18-12-9-13-19-33/h8-28,31,46-47H,29-30H2,1-7H3/t31-/m0/s1. The molecule has 0 saturated heterocycles. The van der Waals surface area contributed by atoms with Gasteiger partial charge in [-0.15, -0.1) is 0 Å². The number of aliphatic hydroxyl groups is 1. The maximum Gasteiger partial charge on any atom is 0.144 e. The van der Waals surface area contributed by atoms with E-state index in [-0.39, 0.29) is 16.6 Å². The lowest BCUT2D eigenvalue weighted by Crippen LogP contribution is -2.39. The Labute approximate surface area is 291 Å². The normalized spacial score (nSPS) is 13.0. The van der Waals surface area contributed by atoms with Crippen LogP contribution in [0.5, 0.6) is 17.2 Å². The molecule has 0 amide bonds. The Hall–Kier alpha value is -4.87. The van der Waals surface area contributed by atoms with Crippen LogP contribution in [-0.2, 0) is 29.6 Å². The second kappa shape index (κ2) is 14.7. The third-order valence-corrected chi connectivity index (χ3v) is 8.97. The highest BCUT2D eigenvalue weighted by Crippen LogP contribution is 2.46. The second-order valence-corrected chi connectivity index (χ2v) is 14.7. The minimum atomic E-state index is -1.72. The van der Waals surface area contributed by atoms with Gasteiger partial charge in [0, 0.05) is 22.9 Å². The molecule has 0 spiro atoms. The Kier molecular flexibility index (Phi) is 10.6. The molecular formula is C44H49NO4. The molecule has 0 aliphatic rings. The van der Waals surface area contributed by atoms with E-state index in [0.29, 0.717) is 41.4 Å². The van der Waals surface area contributed by atoms with Gasteiger partial charge in [0.25, 0.3) is 0 Å². The molecule has 5 aromatic rings. The van der Waals surface area contributed by atoms with Crippen LogP contribution in [0.4, 0.5) is 0 Å². The molecule has 0 aliphatic heterocycles. The lowest BCUT2D eigenvalue weighted by Gasteiger charge is -2.37. The van der Waals surface area contributed by atoms with Crippen LogP contribution in [0.2, 0.25) is 0 Å². The molecule has 0 radical (unpaired) electrons. The third kappa shape index (κ3) is 8.41. The molecule has 0 unspecified atom stereocenters. The van der Waals surface area contributed by atoms with Gasteiger partial charge in [-0.25, -0.2) is 0 Å². The summed E-state index contributed by atoms with van der Waals surface area (Å²) in [7, 11) is 0. The molecule has 254 valence electrons. The van der Waals surface area contributed by atoms with E-state index in [1.165, 1.54) is 0 Å². The van der Waals surface area contributed by atoms with Crippen molar-refractivity contribution in [1.29, 1.82) is 0 Å². The van der Waals surface area contributed by atoms with E-state index in [4.69, 9.17) is 14.5 Å². The van der Waals surface area contributed by atoms with Gasteiger partial charge in [-0.05, 0) is 76.4 Å². The van der Waals surface area contributed by atoms with E-state index in [2.05, 4.69) is 65.8 Å². The zero-order valence-electron chi connectivity index (χ0n) is 29.8. The van der Waals surface area contributed by atoms with E-state index in [9.17, 15) is 10.2 Å². The van der Waals surface area contributed by atoms with Crippen LogP contribution < -0.4 is 9.47 Å². The maximum atomic E-state index is 13.6. The molecule has 5 nitrogen and oxygen atoms in total. The number of rotatable bonds is 11. The van der Waals surface area contributed by atoms with Crippen molar-refractivity contribution in [2.45, 2.75) is 84.2 Å². The van der Waals surface area contributed by atoms with Gasteiger partial charge in [0.1, 0.15) is 36.1 Å². The van der Waals surface area contributed by atoms with E-state index in [1.807, 2.05) is 85.8 Å². The maximum absolute atomic E-state index is 13.6. The zero-order chi connectivity index (χ0) is 35.2. The fourth-order valence-corrected chi connectivity index (χ4v) is 5.80. The zero-order valence-corrected chi connectivity index (χ0v) is 29.8. The molecule has 0 saturated carbocycles. The number of hydrogen-bond donors (Lipinski definition) is 2. The van der Waals surface area contributed by atoms with Crippen LogP contribution >= 0.6 is 0 Å². The first-order valence-corrected chi connectivity index (χ1v) is 16.9. The SMILES string of the molecule is C[C@H](N=Cc1ccccc1O)C(O)(c1cc(C(C)(C)C)ccc1OCc1ccccc1)c1cc(C(C)(C)C)ccc1OCc1ccccc1. The molecule has 1 atom stereocenters. The van der Waals surface area contributed by atoms with Gasteiger partial charge in [-0.2, -0.15) is 0 Å². The molecule has 49 heavy (non-hydrogen) atoms. The van der Waals surface area contributed by atoms with Gasteiger partial charge < -0.3 is 19.7 Å². The summed E-state index contributed by atoms with van der Waals surface area (Å²) < 4.78 is 13.1. The second-order valence-electron chi connectivity index (χ2n) is 14.7. The molecule has 0 heterocycles. The van der Waals surface area contributed by atoms with Crippen molar-refractivity contribution in [3.05, 3.63) is 160 Å². The first kappa shape index (κ1) is 35.4. The van der Waals surface area contributed by atoms with E-state index in [0.717, 1.165) is 22.3 Å². The number of aromatic hydroxyl groups is 1. The highest BCUT2D eigenvalue weighted by Gasteiger charge is 2.43. The van der Waals surface area contributed by atoms with Crippen molar-refractivity contribution < 1.29 is 19.7 Å². The lowest BCUT2D eigenvalue weighted by atomic mass is 9.75. The van der Waals surface area contributed by atoms with Crippen LogP contribution in [0.25, 0.3) is 0 Å². The van der Waals surface area contributed by atoms with Gasteiger partial charge in [0.05, 0.1) is 6.04 Å². The smallest absolute Gasteiger partial charge is 0.144 e. The number of benzene rings is 5. The van der Waals surface area contributed by atoms with Crippen molar-refractivity contribution in [2.24, 2.45) is 4.99 Å². The summed E-state index contributed by atoms with van der Waals surface area (Å²) in [6.07, 6.45) is 1.63. The van der Waals surface area contributed by atoms with Crippen molar-refractivity contribution in [2.75, 3.05) is 0 Å². The predicted octanol–water partition coefficient (Wildman–Crippen LogP) is 9.89. The summed E-state index contributed by atoms with van der Waals surface area (Å²) in [6.45, 7) is 15.5. The lowest BCUT2D eigenvalue weighted by molar-refractivity contribution is 0.0514. The number of para-hydroxylation sites is 1. The van der Waals surface area contributed by atoms with Crippen LogP contribution in [0.1, 0.15) is 87.4 Å². The van der Waals surface area contributed by atoms with Gasteiger partial charge in [-0.1, -0.05) is 126 Å². The topological polar surface area (TPSA) is 71.3 Å². The van der Waals surface area contributed by atoms with Crippen LogP contribution in [-0.4, -0.2) is 22.5 Å². The van der Waals surface area contributed by atoms with E-state index >= 15 is 0 Å². The summed E-state index contributed by atoms with van der Waals surface area (Å²) in [6, 6.07) is 38.5. The Morgan fingerprint density at radius 1 is 0.612 bits per heavy atom. The molecule has 5 aromatic carbocycles. The number of aliphatic imine (C=N–C) groups is 1. The molecular weight excluding hydrogens is 606 g/mol. The van der Waals surface area contributed by atoms with Crippen LogP contribution in [0.15, 0.2) is 126 Å². The predicted molar refractivity (Wildman–Crippen MR) is 200 cm³/mol. The fraction of sp³-hybridized carbons (Fsp3) is 0.295. The summed E-state index contributed by atoms with van der Waals surface area (Å²) in [4.78, 5) is 4.94. The highest BCUT2D eigenvalue weighted by molar-refractivity contribution is 5.83. The Balaban J connectivity index is 1.75. The minimum Gasteiger partial charge on any atom is -0.507 e. The average molecular weight is 656 g/mol. The summed E-state index contributed by atoms with van der Waals surface area (Å²) in [5, 5.41) is 24.1. The highest BCUT2D eigenvalue weighted by atomic mass is 16.5. The molecule has 2 N–H and O–H groups in total. The monoisotopic (exact) mass is 655 g/mol. The molecule has 5 rings (SSSR count). The largest absolute Gasteiger partial charge is 0.507 e. The molecule has 5 heteroatoms. The van der Waals surface area contributed by atoms with Gasteiger partial charge in [0.15, 0.2) is 0 Å². The molecule has 0 fully saturated rings. The summed E-state index contributed by atoms with van der Waals surface area (Å²) >= 11 is 0. The quantitative estimate of drug-likeness (QED) is 0.139. The molecule has 0 aliphatic carbocycles. The number of phenolic OH excluding ortho intramolecular Hbond substituents is 1. The number of hydrogen-bond acceptors (Lipinski definition) is 5. The fourth-order valence-electron chi connectivity index (χ4n) is 5.80. The van der Waals surface area contributed by atoms with Crippen molar-refractivity contribution in [3.8, 4) is 17.2 Å². The third-order valence-electron chi connectivity index (χ3n) is 8.97. The minimum absolute atomic E-state index is 0.116. The van der Waals surface area contributed by atoms with Crippen LogP contribution in [0, 0.1) is 0 Å². The van der Waals surface area contributed by atoms with Crippen LogP contribution in [0.3, 0.4) is 0 Å². The van der Waals surface area contributed by atoms with Gasteiger partial charge in [0.2, 0.25) is 0 Å². The number of phenols is 1. The summed E-state index contributed by atoms with van der Waals surface area (Å²) in [5.74, 6) is 1.23.